The van der Waals surface area contributed by atoms with Crippen LogP contribution in [-0.2, 0) is 6.61 Å². The van der Waals surface area contributed by atoms with Crippen LogP contribution in [0.5, 0.6) is 5.75 Å². The minimum Gasteiger partial charge on any atom is -0.487 e. The summed E-state index contributed by atoms with van der Waals surface area (Å²) in [6, 6.07) is 18.3. The van der Waals surface area contributed by atoms with Gasteiger partial charge in [0.2, 0.25) is 0 Å². The summed E-state index contributed by atoms with van der Waals surface area (Å²) in [6.07, 6.45) is 0.850. The Morgan fingerprint density at radius 3 is 2.59 bits per heavy atom. The summed E-state index contributed by atoms with van der Waals surface area (Å²) in [5, 5.41) is 2.37. The second-order valence-corrected chi connectivity index (χ2v) is 7.26. The first-order valence-corrected chi connectivity index (χ1v) is 8.88. The standard InChI is InChI=1S/C18H12I2O2/c19-15-8-14(10-21)18(17(20)9-15)22-11-13-6-3-5-12-4-1-2-7-16(12)13/h1-10H,11H2. The van der Waals surface area contributed by atoms with Gasteiger partial charge in [0.05, 0.1) is 9.13 Å². The normalized spacial score (nSPS) is 10.6. The number of benzene rings is 3. The van der Waals surface area contributed by atoms with Gasteiger partial charge in [-0.15, -0.1) is 0 Å². The summed E-state index contributed by atoms with van der Waals surface area (Å²) in [5.41, 5.74) is 1.71. The lowest BCUT2D eigenvalue weighted by Gasteiger charge is -2.12. The minimum atomic E-state index is 0.443. The summed E-state index contributed by atoms with van der Waals surface area (Å²) in [5.74, 6) is 0.656. The fourth-order valence-electron chi connectivity index (χ4n) is 2.39. The van der Waals surface area contributed by atoms with E-state index in [4.69, 9.17) is 4.74 Å². The predicted molar refractivity (Wildman–Crippen MR) is 106 cm³/mol. The summed E-state index contributed by atoms with van der Waals surface area (Å²) < 4.78 is 7.95. The van der Waals surface area contributed by atoms with Crippen LogP contribution in [0.2, 0.25) is 0 Å². The van der Waals surface area contributed by atoms with Crippen molar-refractivity contribution in [2.24, 2.45) is 0 Å². The maximum absolute atomic E-state index is 11.3. The molecular weight excluding hydrogens is 502 g/mol. The maximum atomic E-state index is 11.3. The van der Waals surface area contributed by atoms with E-state index in [1.165, 1.54) is 10.8 Å². The highest BCUT2D eigenvalue weighted by Gasteiger charge is 2.10. The average molecular weight is 514 g/mol. The van der Waals surface area contributed by atoms with Gasteiger partial charge < -0.3 is 4.74 Å². The molecule has 0 unspecified atom stereocenters. The molecule has 0 amide bonds. The first kappa shape index (κ1) is 15.7. The fourth-order valence-corrected chi connectivity index (χ4v) is 4.43. The molecule has 0 aromatic heterocycles. The SMILES string of the molecule is O=Cc1cc(I)cc(I)c1OCc1cccc2ccccc12. The van der Waals surface area contributed by atoms with Crippen molar-refractivity contribution in [1.29, 1.82) is 0 Å². The topological polar surface area (TPSA) is 26.3 Å². The first-order chi connectivity index (χ1) is 10.7. The molecule has 4 heteroatoms. The van der Waals surface area contributed by atoms with Crippen molar-refractivity contribution in [3.8, 4) is 5.75 Å². The van der Waals surface area contributed by atoms with Crippen molar-refractivity contribution in [2.75, 3.05) is 0 Å². The van der Waals surface area contributed by atoms with Crippen LogP contribution in [0, 0.1) is 7.14 Å². The number of carbonyl (C=O) groups is 1. The molecule has 0 aliphatic rings. The molecule has 22 heavy (non-hydrogen) atoms. The highest BCUT2D eigenvalue weighted by molar-refractivity contribution is 14.1. The van der Waals surface area contributed by atoms with Gasteiger partial charge in [-0.3, -0.25) is 4.79 Å². The number of rotatable bonds is 4. The van der Waals surface area contributed by atoms with Crippen molar-refractivity contribution in [2.45, 2.75) is 6.61 Å². The largest absolute Gasteiger partial charge is 0.487 e. The molecule has 3 aromatic carbocycles. The second-order valence-electron chi connectivity index (χ2n) is 4.85. The van der Waals surface area contributed by atoms with Crippen LogP contribution in [0.25, 0.3) is 10.8 Å². The molecule has 0 radical (unpaired) electrons. The number of aldehydes is 1. The average Bonchev–Trinajstić information content (AvgIpc) is 2.53. The van der Waals surface area contributed by atoms with Crippen LogP contribution >= 0.6 is 45.2 Å². The molecule has 0 heterocycles. The number of hydrogen-bond acceptors (Lipinski definition) is 2. The Balaban J connectivity index is 1.93. The van der Waals surface area contributed by atoms with Crippen molar-refractivity contribution in [3.63, 3.8) is 0 Å². The first-order valence-electron chi connectivity index (χ1n) is 6.72. The molecule has 0 spiro atoms. The summed E-state index contributed by atoms with van der Waals surface area (Å²) in [7, 11) is 0. The van der Waals surface area contributed by atoms with Crippen LogP contribution < -0.4 is 4.74 Å². The quantitative estimate of drug-likeness (QED) is 0.343. The molecule has 0 N–H and O–H groups in total. The van der Waals surface area contributed by atoms with Crippen molar-refractivity contribution in [1.82, 2.24) is 0 Å². The van der Waals surface area contributed by atoms with E-state index >= 15 is 0 Å². The Morgan fingerprint density at radius 1 is 1.00 bits per heavy atom. The lowest BCUT2D eigenvalue weighted by Crippen LogP contribution is -2.01. The Labute approximate surface area is 156 Å². The van der Waals surface area contributed by atoms with Crippen molar-refractivity contribution < 1.29 is 9.53 Å². The Morgan fingerprint density at radius 2 is 1.77 bits per heavy atom. The van der Waals surface area contributed by atoms with E-state index in [0.717, 1.165) is 19.0 Å². The smallest absolute Gasteiger partial charge is 0.153 e. The van der Waals surface area contributed by atoms with Crippen molar-refractivity contribution >= 4 is 62.2 Å². The molecule has 0 saturated carbocycles. The zero-order chi connectivity index (χ0) is 15.5. The number of halogens is 2. The number of ether oxygens (including phenoxy) is 1. The molecule has 3 aromatic rings. The molecule has 0 saturated heterocycles. The van der Waals surface area contributed by atoms with Gasteiger partial charge in [-0.2, -0.15) is 0 Å². The highest BCUT2D eigenvalue weighted by Crippen LogP contribution is 2.29. The molecular formula is C18H12I2O2. The Kier molecular flexibility index (Phi) is 4.97. The third kappa shape index (κ3) is 3.27. The molecule has 0 aliphatic carbocycles. The van der Waals surface area contributed by atoms with Gasteiger partial charge in [0.15, 0.2) is 6.29 Å². The van der Waals surface area contributed by atoms with E-state index in [-0.39, 0.29) is 0 Å². The van der Waals surface area contributed by atoms with Crippen molar-refractivity contribution in [3.05, 3.63) is 72.9 Å². The van der Waals surface area contributed by atoms with Gasteiger partial charge in [0, 0.05) is 3.57 Å². The van der Waals surface area contributed by atoms with E-state index in [1.807, 2.05) is 30.3 Å². The third-order valence-electron chi connectivity index (χ3n) is 3.42. The lowest BCUT2D eigenvalue weighted by atomic mass is 10.1. The van der Waals surface area contributed by atoms with E-state index in [9.17, 15) is 4.79 Å². The second kappa shape index (κ2) is 6.95. The number of fused-ring (bicyclic) bond motifs is 1. The number of carbonyl (C=O) groups excluding carboxylic acids is 1. The molecule has 2 nitrogen and oxygen atoms in total. The van der Waals surface area contributed by atoms with Crippen LogP contribution in [0.15, 0.2) is 54.6 Å². The zero-order valence-electron chi connectivity index (χ0n) is 11.6. The summed E-state index contributed by atoms with van der Waals surface area (Å²) >= 11 is 4.41. The fraction of sp³-hybridized carbons (Fsp3) is 0.0556. The van der Waals surface area contributed by atoms with Gasteiger partial charge >= 0.3 is 0 Å². The Bertz CT molecular complexity index is 838. The molecule has 0 atom stereocenters. The van der Waals surface area contributed by atoms with Crippen LogP contribution in [0.3, 0.4) is 0 Å². The predicted octanol–water partition coefficient (Wildman–Crippen LogP) is 5.44. The van der Waals surface area contributed by atoms with E-state index < -0.39 is 0 Å². The van der Waals surface area contributed by atoms with Gasteiger partial charge in [0.1, 0.15) is 12.4 Å². The zero-order valence-corrected chi connectivity index (χ0v) is 15.9. The van der Waals surface area contributed by atoms with Crippen LogP contribution in [-0.4, -0.2) is 6.29 Å². The molecule has 3 rings (SSSR count). The van der Waals surface area contributed by atoms with Gasteiger partial charge in [-0.25, -0.2) is 0 Å². The van der Waals surface area contributed by atoms with Gasteiger partial charge in [-0.05, 0) is 73.7 Å². The number of hydrogen-bond donors (Lipinski definition) is 0. The van der Waals surface area contributed by atoms with E-state index in [2.05, 4.69) is 69.4 Å². The lowest BCUT2D eigenvalue weighted by molar-refractivity contribution is 0.111. The van der Waals surface area contributed by atoms with Crippen LogP contribution in [0.1, 0.15) is 15.9 Å². The molecule has 0 aliphatic heterocycles. The summed E-state index contributed by atoms with van der Waals surface area (Å²) in [6.45, 7) is 0.443. The van der Waals surface area contributed by atoms with Crippen LogP contribution in [0.4, 0.5) is 0 Å². The van der Waals surface area contributed by atoms with E-state index in [1.54, 1.807) is 0 Å². The highest BCUT2D eigenvalue weighted by atomic mass is 127. The Hall–Kier alpha value is -1.15. The molecule has 110 valence electrons. The molecule has 0 bridgehead atoms. The molecule has 0 fully saturated rings. The summed E-state index contributed by atoms with van der Waals surface area (Å²) in [4.78, 5) is 11.3. The maximum Gasteiger partial charge on any atom is 0.153 e. The third-order valence-corrected chi connectivity index (χ3v) is 4.84. The van der Waals surface area contributed by atoms with Gasteiger partial charge in [-0.1, -0.05) is 42.5 Å². The monoisotopic (exact) mass is 514 g/mol. The van der Waals surface area contributed by atoms with Gasteiger partial charge in [0.25, 0.3) is 0 Å². The minimum absolute atomic E-state index is 0.443. The van der Waals surface area contributed by atoms with E-state index in [0.29, 0.717) is 17.9 Å².